The SMILES string of the molecule is CCC1COC(C)CN1c1cc(CO)cc(C)n1. The van der Waals surface area contributed by atoms with E-state index < -0.39 is 0 Å². The van der Waals surface area contributed by atoms with Crippen LogP contribution in [0.15, 0.2) is 12.1 Å². The average molecular weight is 250 g/mol. The van der Waals surface area contributed by atoms with Gasteiger partial charge >= 0.3 is 0 Å². The van der Waals surface area contributed by atoms with Gasteiger partial charge in [0.05, 0.1) is 25.4 Å². The molecule has 0 aliphatic carbocycles. The highest BCUT2D eigenvalue weighted by Gasteiger charge is 2.26. The predicted molar refractivity (Wildman–Crippen MR) is 71.7 cm³/mol. The Morgan fingerprint density at radius 2 is 2.28 bits per heavy atom. The smallest absolute Gasteiger partial charge is 0.129 e. The molecule has 0 amide bonds. The lowest BCUT2D eigenvalue weighted by Crippen LogP contribution is -2.49. The normalized spacial score (nSPS) is 24.3. The van der Waals surface area contributed by atoms with Crippen molar-refractivity contribution >= 4 is 5.82 Å². The summed E-state index contributed by atoms with van der Waals surface area (Å²) in [6.07, 6.45) is 1.27. The predicted octanol–water partition coefficient (Wildman–Crippen LogP) is 1.89. The molecular weight excluding hydrogens is 228 g/mol. The molecule has 0 spiro atoms. The number of aliphatic hydroxyl groups excluding tert-OH is 1. The molecule has 18 heavy (non-hydrogen) atoms. The number of aliphatic hydroxyl groups is 1. The summed E-state index contributed by atoms with van der Waals surface area (Å²) in [5.74, 6) is 0.959. The molecule has 1 aliphatic heterocycles. The van der Waals surface area contributed by atoms with Gasteiger partial charge in [-0.1, -0.05) is 6.92 Å². The maximum Gasteiger partial charge on any atom is 0.129 e. The van der Waals surface area contributed by atoms with Crippen LogP contribution in [0.3, 0.4) is 0 Å². The molecule has 1 N–H and O–H groups in total. The quantitative estimate of drug-likeness (QED) is 0.889. The third-order valence-electron chi connectivity index (χ3n) is 3.42. The Kier molecular flexibility index (Phi) is 4.19. The first-order valence-electron chi connectivity index (χ1n) is 6.60. The van der Waals surface area contributed by atoms with Crippen molar-refractivity contribution in [2.75, 3.05) is 18.1 Å². The number of aromatic nitrogens is 1. The summed E-state index contributed by atoms with van der Waals surface area (Å²) in [4.78, 5) is 6.90. The van der Waals surface area contributed by atoms with Crippen LogP contribution in [0.25, 0.3) is 0 Å². The Morgan fingerprint density at radius 1 is 1.50 bits per heavy atom. The molecule has 1 aliphatic rings. The van der Waals surface area contributed by atoms with E-state index in [0.717, 1.165) is 36.6 Å². The van der Waals surface area contributed by atoms with Crippen molar-refractivity contribution in [3.8, 4) is 0 Å². The van der Waals surface area contributed by atoms with Gasteiger partial charge in [0.1, 0.15) is 5.82 Å². The minimum absolute atomic E-state index is 0.0625. The highest BCUT2D eigenvalue weighted by Crippen LogP contribution is 2.23. The molecule has 2 atom stereocenters. The minimum Gasteiger partial charge on any atom is -0.392 e. The van der Waals surface area contributed by atoms with E-state index >= 15 is 0 Å². The van der Waals surface area contributed by atoms with Crippen LogP contribution in [-0.2, 0) is 11.3 Å². The van der Waals surface area contributed by atoms with E-state index in [4.69, 9.17) is 4.74 Å². The molecule has 1 aromatic heterocycles. The van der Waals surface area contributed by atoms with Crippen LogP contribution in [-0.4, -0.2) is 35.4 Å². The van der Waals surface area contributed by atoms with E-state index in [1.165, 1.54) is 0 Å². The fraction of sp³-hybridized carbons (Fsp3) is 0.643. The van der Waals surface area contributed by atoms with Gasteiger partial charge < -0.3 is 14.7 Å². The summed E-state index contributed by atoms with van der Waals surface area (Å²) in [6.45, 7) is 7.89. The zero-order valence-electron chi connectivity index (χ0n) is 11.4. The number of rotatable bonds is 3. The maximum atomic E-state index is 9.29. The van der Waals surface area contributed by atoms with Crippen molar-refractivity contribution in [1.82, 2.24) is 4.98 Å². The van der Waals surface area contributed by atoms with E-state index in [1.807, 2.05) is 19.1 Å². The molecule has 1 saturated heterocycles. The van der Waals surface area contributed by atoms with Gasteiger partial charge in [-0.05, 0) is 38.0 Å². The average Bonchev–Trinajstić information content (AvgIpc) is 2.38. The summed E-state index contributed by atoms with van der Waals surface area (Å²) in [7, 11) is 0. The van der Waals surface area contributed by atoms with E-state index in [0.29, 0.717) is 6.04 Å². The van der Waals surface area contributed by atoms with Crippen LogP contribution in [0, 0.1) is 6.92 Å². The first-order chi connectivity index (χ1) is 8.63. The van der Waals surface area contributed by atoms with Crippen molar-refractivity contribution in [2.24, 2.45) is 0 Å². The molecule has 0 bridgehead atoms. The van der Waals surface area contributed by atoms with Crippen molar-refractivity contribution in [3.05, 3.63) is 23.4 Å². The van der Waals surface area contributed by atoms with E-state index in [1.54, 1.807) is 0 Å². The lowest BCUT2D eigenvalue weighted by molar-refractivity contribution is 0.0296. The number of ether oxygens (including phenoxy) is 1. The molecule has 0 radical (unpaired) electrons. The largest absolute Gasteiger partial charge is 0.392 e. The Morgan fingerprint density at radius 3 is 2.94 bits per heavy atom. The Balaban J connectivity index is 2.29. The summed E-state index contributed by atoms with van der Waals surface area (Å²) >= 11 is 0. The molecule has 2 rings (SSSR count). The highest BCUT2D eigenvalue weighted by atomic mass is 16.5. The van der Waals surface area contributed by atoms with Crippen LogP contribution in [0.4, 0.5) is 5.82 Å². The fourth-order valence-electron chi connectivity index (χ4n) is 2.42. The maximum absolute atomic E-state index is 9.29. The summed E-state index contributed by atoms with van der Waals surface area (Å²) < 4.78 is 5.70. The topological polar surface area (TPSA) is 45.6 Å². The van der Waals surface area contributed by atoms with Crippen LogP contribution < -0.4 is 4.90 Å². The van der Waals surface area contributed by atoms with Crippen molar-refractivity contribution in [1.29, 1.82) is 0 Å². The van der Waals surface area contributed by atoms with E-state index in [9.17, 15) is 5.11 Å². The number of nitrogens with zero attached hydrogens (tertiary/aromatic N) is 2. The Hall–Kier alpha value is -1.13. The molecule has 0 aromatic carbocycles. The second-order valence-corrected chi connectivity index (χ2v) is 4.99. The van der Waals surface area contributed by atoms with Crippen LogP contribution >= 0.6 is 0 Å². The molecule has 2 unspecified atom stereocenters. The van der Waals surface area contributed by atoms with Crippen LogP contribution in [0.2, 0.25) is 0 Å². The first kappa shape index (κ1) is 13.3. The van der Waals surface area contributed by atoms with Crippen molar-refractivity contribution in [3.63, 3.8) is 0 Å². The number of pyridine rings is 1. The minimum atomic E-state index is 0.0625. The van der Waals surface area contributed by atoms with Gasteiger partial charge in [-0.3, -0.25) is 0 Å². The zero-order valence-corrected chi connectivity index (χ0v) is 11.4. The number of aryl methyl sites for hydroxylation is 1. The third kappa shape index (κ3) is 2.82. The molecule has 4 heteroatoms. The monoisotopic (exact) mass is 250 g/mol. The van der Waals surface area contributed by atoms with Crippen molar-refractivity contribution < 1.29 is 9.84 Å². The summed E-state index contributed by atoms with van der Waals surface area (Å²) in [5, 5.41) is 9.29. The van der Waals surface area contributed by atoms with Gasteiger partial charge in [-0.25, -0.2) is 4.98 Å². The van der Waals surface area contributed by atoms with Gasteiger partial charge in [0.2, 0.25) is 0 Å². The molecule has 1 aromatic rings. The van der Waals surface area contributed by atoms with Gasteiger partial charge in [0.25, 0.3) is 0 Å². The summed E-state index contributed by atoms with van der Waals surface area (Å²) in [5.41, 5.74) is 1.87. The second-order valence-electron chi connectivity index (χ2n) is 4.99. The Bertz CT molecular complexity index is 409. The number of hydrogen-bond donors (Lipinski definition) is 1. The van der Waals surface area contributed by atoms with Gasteiger partial charge in [0.15, 0.2) is 0 Å². The van der Waals surface area contributed by atoms with Crippen molar-refractivity contribution in [2.45, 2.75) is 45.9 Å². The van der Waals surface area contributed by atoms with Gasteiger partial charge in [0, 0.05) is 12.2 Å². The van der Waals surface area contributed by atoms with Crippen LogP contribution in [0.1, 0.15) is 31.5 Å². The zero-order chi connectivity index (χ0) is 13.1. The highest BCUT2D eigenvalue weighted by molar-refractivity contribution is 5.44. The lowest BCUT2D eigenvalue weighted by atomic mass is 10.1. The Labute approximate surface area is 109 Å². The molecule has 4 nitrogen and oxygen atoms in total. The molecule has 0 saturated carbocycles. The second kappa shape index (κ2) is 5.67. The first-order valence-corrected chi connectivity index (χ1v) is 6.60. The van der Waals surface area contributed by atoms with E-state index in [2.05, 4.69) is 23.7 Å². The molecule has 1 fully saturated rings. The fourth-order valence-corrected chi connectivity index (χ4v) is 2.42. The number of hydrogen-bond acceptors (Lipinski definition) is 4. The van der Waals surface area contributed by atoms with Gasteiger partial charge in [-0.2, -0.15) is 0 Å². The van der Waals surface area contributed by atoms with Crippen LogP contribution in [0.5, 0.6) is 0 Å². The lowest BCUT2D eigenvalue weighted by Gasteiger charge is -2.39. The molecule has 2 heterocycles. The van der Waals surface area contributed by atoms with E-state index in [-0.39, 0.29) is 12.7 Å². The molecular formula is C14H22N2O2. The summed E-state index contributed by atoms with van der Waals surface area (Å²) in [6, 6.07) is 4.28. The standard InChI is InChI=1S/C14H22N2O2/c1-4-13-9-18-11(3)7-16(13)14-6-12(8-17)5-10(2)15-14/h5-6,11,13,17H,4,7-9H2,1-3H3. The molecule has 100 valence electrons. The number of anilines is 1. The van der Waals surface area contributed by atoms with Gasteiger partial charge in [-0.15, -0.1) is 0 Å². The number of morpholine rings is 1. The third-order valence-corrected chi connectivity index (χ3v) is 3.42.